The summed E-state index contributed by atoms with van der Waals surface area (Å²) in [5, 5.41) is 18.1. The van der Waals surface area contributed by atoms with Crippen molar-refractivity contribution in [1.29, 1.82) is 5.26 Å². The van der Waals surface area contributed by atoms with Gasteiger partial charge in [0.2, 0.25) is 0 Å². The van der Waals surface area contributed by atoms with Gasteiger partial charge >= 0.3 is 5.97 Å². The topological polar surface area (TPSA) is 64.3 Å². The van der Waals surface area contributed by atoms with E-state index in [0.717, 1.165) is 5.69 Å². The molecule has 0 bridgehead atoms. The van der Waals surface area contributed by atoms with Gasteiger partial charge in [0.25, 0.3) is 0 Å². The number of carbonyl (C=O) groups is 1. The number of aliphatic carboxylic acids is 1. The first-order valence-electron chi connectivity index (χ1n) is 5.97. The van der Waals surface area contributed by atoms with E-state index in [1.165, 1.54) is 0 Å². The molecule has 1 unspecified atom stereocenters. The second-order valence-corrected chi connectivity index (χ2v) is 5.15. The van der Waals surface area contributed by atoms with Gasteiger partial charge in [-0.2, -0.15) is 5.26 Å². The molecule has 1 fully saturated rings. The summed E-state index contributed by atoms with van der Waals surface area (Å²) < 4.78 is 0. The van der Waals surface area contributed by atoms with Crippen LogP contribution in [0.5, 0.6) is 0 Å². The van der Waals surface area contributed by atoms with Crippen LogP contribution >= 0.6 is 0 Å². The van der Waals surface area contributed by atoms with Crippen molar-refractivity contribution in [2.45, 2.75) is 25.8 Å². The smallest absolute Gasteiger partial charge is 0.308 e. The Morgan fingerprint density at radius 3 is 2.83 bits per heavy atom. The molecule has 1 aliphatic heterocycles. The molecule has 1 atom stereocenters. The summed E-state index contributed by atoms with van der Waals surface area (Å²) >= 11 is 0. The maximum atomic E-state index is 11.2. The summed E-state index contributed by atoms with van der Waals surface area (Å²) in [5.41, 5.74) is 1.09. The number of carboxylic acids is 1. The monoisotopic (exact) mass is 244 g/mol. The van der Waals surface area contributed by atoms with Crippen LogP contribution in [0.2, 0.25) is 0 Å². The van der Waals surface area contributed by atoms with Crippen molar-refractivity contribution in [3.63, 3.8) is 0 Å². The zero-order valence-corrected chi connectivity index (χ0v) is 10.6. The second kappa shape index (κ2) is 4.34. The van der Waals surface area contributed by atoms with Crippen LogP contribution in [0.3, 0.4) is 0 Å². The minimum absolute atomic E-state index is 0.372. The van der Waals surface area contributed by atoms with Crippen LogP contribution in [0.15, 0.2) is 24.3 Å². The summed E-state index contributed by atoms with van der Waals surface area (Å²) in [6, 6.07) is 9.43. The van der Waals surface area contributed by atoms with Gasteiger partial charge in [0.15, 0.2) is 0 Å². The summed E-state index contributed by atoms with van der Waals surface area (Å²) in [7, 11) is 0. The van der Waals surface area contributed by atoms with Crippen molar-refractivity contribution in [2.24, 2.45) is 5.92 Å². The van der Waals surface area contributed by atoms with E-state index in [9.17, 15) is 9.90 Å². The van der Waals surface area contributed by atoms with Gasteiger partial charge in [-0.1, -0.05) is 6.07 Å². The fourth-order valence-corrected chi connectivity index (χ4v) is 2.72. The van der Waals surface area contributed by atoms with Crippen molar-refractivity contribution >= 4 is 11.7 Å². The molecule has 0 amide bonds. The SMILES string of the molecule is CC1(C)C(C(=O)O)CCN1c1cccc(C#N)c1. The molecule has 0 spiro atoms. The highest BCUT2D eigenvalue weighted by atomic mass is 16.4. The number of benzene rings is 1. The summed E-state index contributed by atoms with van der Waals surface area (Å²) in [6.45, 7) is 4.59. The van der Waals surface area contributed by atoms with Crippen molar-refractivity contribution in [2.75, 3.05) is 11.4 Å². The van der Waals surface area contributed by atoms with Crippen LogP contribution in [-0.2, 0) is 4.79 Å². The third kappa shape index (κ3) is 1.92. The maximum Gasteiger partial charge on any atom is 0.308 e. The van der Waals surface area contributed by atoms with Gasteiger partial charge in [-0.3, -0.25) is 4.79 Å². The number of hydrogen-bond acceptors (Lipinski definition) is 3. The first kappa shape index (κ1) is 12.4. The molecule has 0 aromatic heterocycles. The Hall–Kier alpha value is -2.02. The second-order valence-electron chi connectivity index (χ2n) is 5.15. The van der Waals surface area contributed by atoms with Crippen LogP contribution in [0.4, 0.5) is 5.69 Å². The Kier molecular flexibility index (Phi) is 3.00. The maximum absolute atomic E-state index is 11.2. The van der Waals surface area contributed by atoms with Gasteiger partial charge in [-0.15, -0.1) is 0 Å². The predicted molar refractivity (Wildman–Crippen MR) is 68.3 cm³/mol. The highest BCUT2D eigenvalue weighted by Crippen LogP contribution is 2.38. The largest absolute Gasteiger partial charge is 0.481 e. The normalized spacial score (nSPS) is 21.6. The minimum atomic E-state index is -0.751. The Morgan fingerprint density at radius 1 is 1.56 bits per heavy atom. The van der Waals surface area contributed by atoms with E-state index in [0.29, 0.717) is 18.5 Å². The third-order valence-electron chi connectivity index (χ3n) is 3.77. The van der Waals surface area contributed by atoms with Gasteiger partial charge in [-0.05, 0) is 38.5 Å². The zero-order chi connectivity index (χ0) is 13.3. The Bertz CT molecular complexity index is 517. The average Bonchev–Trinajstić information content (AvgIpc) is 2.64. The number of rotatable bonds is 2. The van der Waals surface area contributed by atoms with Crippen molar-refractivity contribution in [1.82, 2.24) is 0 Å². The molecule has 2 rings (SSSR count). The minimum Gasteiger partial charge on any atom is -0.481 e. The Morgan fingerprint density at radius 2 is 2.28 bits per heavy atom. The van der Waals surface area contributed by atoms with Gasteiger partial charge < -0.3 is 10.0 Å². The molecule has 1 aromatic carbocycles. The van der Waals surface area contributed by atoms with Crippen LogP contribution in [-0.4, -0.2) is 23.2 Å². The van der Waals surface area contributed by atoms with Crippen LogP contribution in [0.1, 0.15) is 25.8 Å². The summed E-state index contributed by atoms with van der Waals surface area (Å²) in [4.78, 5) is 13.3. The van der Waals surface area contributed by atoms with Gasteiger partial charge in [0.1, 0.15) is 0 Å². The molecule has 1 heterocycles. The lowest BCUT2D eigenvalue weighted by atomic mass is 9.88. The fourth-order valence-electron chi connectivity index (χ4n) is 2.72. The van der Waals surface area contributed by atoms with E-state index < -0.39 is 11.5 Å². The Balaban J connectivity index is 2.35. The van der Waals surface area contributed by atoms with E-state index in [-0.39, 0.29) is 5.92 Å². The van der Waals surface area contributed by atoms with Gasteiger partial charge in [-0.25, -0.2) is 0 Å². The van der Waals surface area contributed by atoms with E-state index in [4.69, 9.17) is 5.26 Å². The number of carboxylic acid groups (broad SMARTS) is 1. The molecule has 1 N–H and O–H groups in total. The van der Waals surface area contributed by atoms with E-state index in [1.807, 2.05) is 32.0 Å². The highest BCUT2D eigenvalue weighted by molar-refractivity contribution is 5.74. The van der Waals surface area contributed by atoms with Crippen LogP contribution in [0.25, 0.3) is 0 Å². The average molecular weight is 244 g/mol. The number of nitrogens with zero attached hydrogens (tertiary/aromatic N) is 2. The Labute approximate surface area is 106 Å². The summed E-state index contributed by atoms with van der Waals surface area (Å²) in [6.07, 6.45) is 0.638. The van der Waals surface area contributed by atoms with E-state index in [1.54, 1.807) is 6.07 Å². The highest BCUT2D eigenvalue weighted by Gasteiger charge is 2.45. The number of nitriles is 1. The molecule has 0 saturated carbocycles. The molecule has 4 heteroatoms. The van der Waals surface area contributed by atoms with E-state index in [2.05, 4.69) is 11.0 Å². The standard InChI is InChI=1S/C14H16N2O2/c1-14(2)12(13(17)18)6-7-16(14)11-5-3-4-10(8-11)9-15/h3-5,8,12H,6-7H2,1-2H3,(H,17,18). The molecule has 18 heavy (non-hydrogen) atoms. The lowest BCUT2D eigenvalue weighted by molar-refractivity contribution is -0.142. The third-order valence-corrected chi connectivity index (χ3v) is 3.77. The molecule has 1 saturated heterocycles. The number of anilines is 1. The first-order chi connectivity index (χ1) is 8.46. The lowest BCUT2D eigenvalue weighted by Gasteiger charge is -2.36. The quantitative estimate of drug-likeness (QED) is 0.866. The van der Waals surface area contributed by atoms with E-state index >= 15 is 0 Å². The number of hydrogen-bond donors (Lipinski definition) is 1. The molecule has 1 aliphatic rings. The van der Waals surface area contributed by atoms with Crippen molar-refractivity contribution in [3.8, 4) is 6.07 Å². The fraction of sp³-hybridized carbons (Fsp3) is 0.429. The van der Waals surface area contributed by atoms with Crippen LogP contribution in [0, 0.1) is 17.2 Å². The van der Waals surface area contributed by atoms with Crippen molar-refractivity contribution < 1.29 is 9.90 Å². The molecular weight excluding hydrogens is 228 g/mol. The molecule has 0 aliphatic carbocycles. The molecule has 4 nitrogen and oxygen atoms in total. The summed E-state index contributed by atoms with van der Waals surface area (Å²) in [5.74, 6) is -1.12. The molecule has 94 valence electrons. The first-order valence-corrected chi connectivity index (χ1v) is 5.97. The molecule has 1 aromatic rings. The van der Waals surface area contributed by atoms with Crippen molar-refractivity contribution in [3.05, 3.63) is 29.8 Å². The van der Waals surface area contributed by atoms with Gasteiger partial charge in [0, 0.05) is 17.8 Å². The zero-order valence-electron chi connectivity index (χ0n) is 10.6. The lowest BCUT2D eigenvalue weighted by Crippen LogP contribution is -2.45. The molecule has 0 radical (unpaired) electrons. The predicted octanol–water partition coefficient (Wildman–Crippen LogP) is 2.25. The van der Waals surface area contributed by atoms with Crippen LogP contribution < -0.4 is 4.90 Å². The molecular formula is C14H16N2O2. The van der Waals surface area contributed by atoms with Gasteiger partial charge in [0.05, 0.1) is 17.6 Å².